The maximum atomic E-state index is 6.02. The molecule has 0 amide bonds. The predicted octanol–water partition coefficient (Wildman–Crippen LogP) is 3.93. The molecule has 2 heterocycles. The highest BCUT2D eigenvalue weighted by atomic mass is 127. The van der Waals surface area contributed by atoms with Crippen molar-refractivity contribution in [3.63, 3.8) is 0 Å². The second-order valence-electron chi connectivity index (χ2n) is 7.38. The Morgan fingerprint density at radius 3 is 2.81 bits per heavy atom. The lowest BCUT2D eigenvalue weighted by molar-refractivity contribution is 0.296. The molecule has 0 radical (unpaired) electrons. The third-order valence-corrected chi connectivity index (χ3v) is 4.90. The Morgan fingerprint density at radius 1 is 1.16 bits per heavy atom. The van der Waals surface area contributed by atoms with E-state index in [0.29, 0.717) is 13.1 Å². The molecule has 2 N–H and O–H groups in total. The van der Waals surface area contributed by atoms with Crippen molar-refractivity contribution in [3.8, 4) is 11.6 Å². The van der Waals surface area contributed by atoms with Crippen molar-refractivity contribution in [1.82, 2.24) is 25.4 Å². The van der Waals surface area contributed by atoms with E-state index in [9.17, 15) is 0 Å². The Morgan fingerprint density at radius 2 is 2.03 bits per heavy atom. The van der Waals surface area contributed by atoms with Gasteiger partial charge in [-0.15, -0.1) is 24.0 Å². The molecule has 4 rings (SSSR count). The number of para-hydroxylation sites is 1. The first-order chi connectivity index (χ1) is 14.8. The Kier molecular flexibility index (Phi) is 8.69. The van der Waals surface area contributed by atoms with E-state index in [4.69, 9.17) is 9.73 Å². The Balaban J connectivity index is 0.00000272. The van der Waals surface area contributed by atoms with Crippen molar-refractivity contribution in [2.75, 3.05) is 13.2 Å². The number of hydrogen-bond donors (Lipinski definition) is 2. The number of aliphatic imine (C=N–C) groups is 1. The van der Waals surface area contributed by atoms with Gasteiger partial charge in [0.1, 0.15) is 5.75 Å². The fourth-order valence-corrected chi connectivity index (χ4v) is 3.06. The lowest BCUT2D eigenvalue weighted by Crippen LogP contribution is -2.36. The van der Waals surface area contributed by atoms with E-state index in [2.05, 4.69) is 33.7 Å². The molecule has 1 fully saturated rings. The lowest BCUT2D eigenvalue weighted by atomic mass is 10.2. The van der Waals surface area contributed by atoms with Crippen LogP contribution in [0.15, 0.2) is 66.0 Å². The molecule has 164 valence electrons. The number of benzene rings is 1. The van der Waals surface area contributed by atoms with Crippen LogP contribution in [0.5, 0.6) is 5.75 Å². The van der Waals surface area contributed by atoms with Crippen LogP contribution in [0.1, 0.15) is 30.9 Å². The smallest absolute Gasteiger partial charge is 0.191 e. The highest BCUT2D eigenvalue weighted by molar-refractivity contribution is 14.0. The average molecular weight is 532 g/mol. The van der Waals surface area contributed by atoms with Crippen LogP contribution < -0.4 is 15.4 Å². The number of guanidine groups is 1. The van der Waals surface area contributed by atoms with Gasteiger partial charge in [-0.1, -0.05) is 18.2 Å². The van der Waals surface area contributed by atoms with E-state index in [-0.39, 0.29) is 24.0 Å². The standard InChI is InChI=1S/C23H28N6O.HI/c1-2-24-23(26-15-19-10-12-25-22(14-19)29-13-5-11-28-29)27-16-20-6-3-4-7-21(20)30-17-18-8-9-18;/h3-7,10-14,18H,2,8-9,15-17H2,1H3,(H2,24,26,27);1H. The van der Waals surface area contributed by atoms with E-state index >= 15 is 0 Å². The van der Waals surface area contributed by atoms with E-state index < -0.39 is 0 Å². The van der Waals surface area contributed by atoms with Crippen LogP contribution in [0.3, 0.4) is 0 Å². The minimum Gasteiger partial charge on any atom is -0.493 e. The summed E-state index contributed by atoms with van der Waals surface area (Å²) in [6.07, 6.45) is 7.98. The predicted molar refractivity (Wildman–Crippen MR) is 133 cm³/mol. The number of hydrogen-bond acceptors (Lipinski definition) is 4. The van der Waals surface area contributed by atoms with Gasteiger partial charge in [0.25, 0.3) is 0 Å². The number of nitrogens with zero attached hydrogens (tertiary/aromatic N) is 4. The minimum atomic E-state index is 0. The number of aromatic nitrogens is 3. The first kappa shape index (κ1) is 23.1. The molecule has 1 aromatic carbocycles. The first-order valence-electron chi connectivity index (χ1n) is 10.5. The third-order valence-electron chi connectivity index (χ3n) is 4.90. The zero-order valence-corrected chi connectivity index (χ0v) is 20.0. The number of halogens is 1. The normalized spacial score (nSPS) is 13.4. The average Bonchev–Trinajstić information content (AvgIpc) is 3.45. The molecule has 8 heteroatoms. The molecule has 0 aliphatic heterocycles. The largest absolute Gasteiger partial charge is 0.493 e. The second-order valence-corrected chi connectivity index (χ2v) is 7.38. The zero-order chi connectivity index (χ0) is 20.6. The van der Waals surface area contributed by atoms with Gasteiger partial charge in [0, 0.05) is 37.2 Å². The monoisotopic (exact) mass is 532 g/mol. The highest BCUT2D eigenvalue weighted by Gasteiger charge is 2.22. The van der Waals surface area contributed by atoms with Crippen molar-refractivity contribution >= 4 is 29.9 Å². The second kappa shape index (κ2) is 11.7. The molecule has 0 saturated heterocycles. The van der Waals surface area contributed by atoms with E-state index in [1.54, 1.807) is 17.1 Å². The van der Waals surface area contributed by atoms with Gasteiger partial charge in [-0.2, -0.15) is 5.10 Å². The molecule has 1 aliphatic carbocycles. The SMILES string of the molecule is CCNC(=NCc1ccnc(-n2cccn2)c1)NCc1ccccc1OCC1CC1.I. The van der Waals surface area contributed by atoms with Crippen LogP contribution in [0.2, 0.25) is 0 Å². The third kappa shape index (κ3) is 6.95. The molecule has 0 unspecified atom stereocenters. The maximum absolute atomic E-state index is 6.02. The van der Waals surface area contributed by atoms with E-state index in [0.717, 1.165) is 47.7 Å². The quantitative estimate of drug-likeness (QED) is 0.248. The topological polar surface area (TPSA) is 76.4 Å². The Hall–Kier alpha value is -2.62. The zero-order valence-electron chi connectivity index (χ0n) is 17.7. The van der Waals surface area contributed by atoms with Crippen LogP contribution in [-0.2, 0) is 13.1 Å². The van der Waals surface area contributed by atoms with E-state index in [1.807, 2.05) is 42.6 Å². The summed E-state index contributed by atoms with van der Waals surface area (Å²) in [6.45, 7) is 4.87. The fourth-order valence-electron chi connectivity index (χ4n) is 3.06. The van der Waals surface area contributed by atoms with E-state index in [1.165, 1.54) is 12.8 Å². The molecule has 7 nitrogen and oxygen atoms in total. The van der Waals surface area contributed by atoms with Gasteiger partial charge in [0.15, 0.2) is 11.8 Å². The van der Waals surface area contributed by atoms with Gasteiger partial charge in [-0.05, 0) is 55.5 Å². The van der Waals surface area contributed by atoms with Crippen molar-refractivity contribution in [1.29, 1.82) is 0 Å². The van der Waals surface area contributed by atoms with Crippen molar-refractivity contribution in [3.05, 3.63) is 72.2 Å². The summed E-state index contributed by atoms with van der Waals surface area (Å²) in [7, 11) is 0. The summed E-state index contributed by atoms with van der Waals surface area (Å²) < 4.78 is 7.76. The van der Waals surface area contributed by atoms with Gasteiger partial charge in [0.05, 0.1) is 13.2 Å². The summed E-state index contributed by atoms with van der Waals surface area (Å²) >= 11 is 0. The molecule has 0 bridgehead atoms. The van der Waals surface area contributed by atoms with Gasteiger partial charge < -0.3 is 15.4 Å². The summed E-state index contributed by atoms with van der Waals surface area (Å²) in [5.74, 6) is 3.24. The molecule has 2 aromatic heterocycles. The lowest BCUT2D eigenvalue weighted by Gasteiger charge is -2.14. The van der Waals surface area contributed by atoms with Crippen LogP contribution in [0.4, 0.5) is 0 Å². The van der Waals surface area contributed by atoms with Crippen molar-refractivity contribution in [2.45, 2.75) is 32.9 Å². The molecule has 3 aromatic rings. The van der Waals surface area contributed by atoms with Crippen molar-refractivity contribution in [2.24, 2.45) is 10.9 Å². The van der Waals surface area contributed by atoms with Crippen LogP contribution in [0, 0.1) is 5.92 Å². The Bertz CT molecular complexity index is 972. The summed E-state index contributed by atoms with van der Waals surface area (Å²) in [4.78, 5) is 9.10. The highest BCUT2D eigenvalue weighted by Crippen LogP contribution is 2.30. The molecule has 31 heavy (non-hydrogen) atoms. The van der Waals surface area contributed by atoms with Gasteiger partial charge in [-0.25, -0.2) is 14.7 Å². The summed E-state index contributed by atoms with van der Waals surface area (Å²) in [5.41, 5.74) is 2.20. The number of pyridine rings is 1. The molecular weight excluding hydrogens is 503 g/mol. The van der Waals surface area contributed by atoms with Gasteiger partial charge in [0.2, 0.25) is 0 Å². The fraction of sp³-hybridized carbons (Fsp3) is 0.348. The van der Waals surface area contributed by atoms with Crippen molar-refractivity contribution < 1.29 is 4.74 Å². The van der Waals surface area contributed by atoms with Gasteiger partial charge in [-0.3, -0.25) is 0 Å². The van der Waals surface area contributed by atoms with Crippen LogP contribution in [0.25, 0.3) is 5.82 Å². The number of nitrogens with one attached hydrogen (secondary N) is 2. The van der Waals surface area contributed by atoms with Crippen LogP contribution >= 0.6 is 24.0 Å². The molecule has 0 spiro atoms. The van der Waals surface area contributed by atoms with Gasteiger partial charge >= 0.3 is 0 Å². The number of ether oxygens (including phenoxy) is 1. The molecule has 0 atom stereocenters. The summed E-state index contributed by atoms with van der Waals surface area (Å²) in [5, 5.41) is 11.0. The minimum absolute atomic E-state index is 0. The Labute approximate surface area is 200 Å². The summed E-state index contributed by atoms with van der Waals surface area (Å²) in [6, 6.07) is 14.0. The molecular formula is C23H29IN6O. The first-order valence-corrected chi connectivity index (χ1v) is 10.5. The molecule has 1 saturated carbocycles. The number of rotatable bonds is 9. The van der Waals surface area contributed by atoms with Crippen LogP contribution in [-0.4, -0.2) is 33.9 Å². The molecule has 1 aliphatic rings. The maximum Gasteiger partial charge on any atom is 0.191 e.